The second-order valence-corrected chi connectivity index (χ2v) is 5.10. The van der Waals surface area contributed by atoms with Crippen molar-refractivity contribution in [2.45, 2.75) is 39.7 Å². The van der Waals surface area contributed by atoms with Crippen LogP contribution in [0.2, 0.25) is 0 Å². The highest BCUT2D eigenvalue weighted by Gasteiger charge is 2.12. The van der Waals surface area contributed by atoms with Gasteiger partial charge in [0.15, 0.2) is 0 Å². The highest BCUT2D eigenvalue weighted by atomic mass is 35.5. The number of benzene rings is 1. The zero-order valence-electron chi connectivity index (χ0n) is 13.3. The Balaban J connectivity index is 0.00000400. The van der Waals surface area contributed by atoms with Crippen LogP contribution >= 0.6 is 12.4 Å². The van der Waals surface area contributed by atoms with E-state index >= 15 is 0 Å². The third kappa shape index (κ3) is 6.82. The number of nitrogens with two attached hydrogens (primary N) is 1. The number of anilines is 1. The van der Waals surface area contributed by atoms with Gasteiger partial charge < -0.3 is 16.0 Å². The van der Waals surface area contributed by atoms with Gasteiger partial charge in [0.2, 0.25) is 5.91 Å². The molecular weight excluding hydrogens is 286 g/mol. The monoisotopic (exact) mass is 313 g/mol. The van der Waals surface area contributed by atoms with E-state index in [-0.39, 0.29) is 24.4 Å². The molecule has 0 heterocycles. The Bertz CT molecular complexity index is 426. The van der Waals surface area contributed by atoms with Crippen LogP contribution in [-0.4, -0.2) is 31.6 Å². The number of halogens is 1. The number of nitrogens with one attached hydrogen (secondary N) is 1. The summed E-state index contributed by atoms with van der Waals surface area (Å²) in [6.45, 7) is 8.57. The highest BCUT2D eigenvalue weighted by Crippen LogP contribution is 2.14. The van der Waals surface area contributed by atoms with Crippen LogP contribution in [0, 0.1) is 6.92 Å². The van der Waals surface area contributed by atoms with Crippen LogP contribution < -0.4 is 16.0 Å². The lowest BCUT2D eigenvalue weighted by Crippen LogP contribution is -2.43. The Labute approximate surface area is 134 Å². The first-order chi connectivity index (χ1) is 9.58. The first-order valence-corrected chi connectivity index (χ1v) is 7.43. The summed E-state index contributed by atoms with van der Waals surface area (Å²) in [5.41, 5.74) is 8.22. The fourth-order valence-electron chi connectivity index (χ4n) is 2.18. The Hall–Kier alpha value is -1.26. The Morgan fingerprint density at radius 2 is 2.10 bits per heavy atom. The van der Waals surface area contributed by atoms with Gasteiger partial charge in [0, 0.05) is 25.3 Å². The molecule has 0 saturated heterocycles. The quantitative estimate of drug-likeness (QED) is 0.775. The lowest BCUT2D eigenvalue weighted by atomic mass is 10.1. The number of hydrogen-bond acceptors (Lipinski definition) is 3. The van der Waals surface area contributed by atoms with E-state index in [1.807, 2.05) is 6.92 Å². The molecule has 0 aliphatic rings. The first kappa shape index (κ1) is 19.7. The van der Waals surface area contributed by atoms with Gasteiger partial charge in [-0.25, -0.2) is 0 Å². The molecule has 4 nitrogen and oxygen atoms in total. The van der Waals surface area contributed by atoms with Crippen molar-refractivity contribution < 1.29 is 4.79 Å². The standard InChI is InChI=1S/C16H27N3O.ClH/c1-4-7-15(17)16(20)18-10-11-19(5-2)14-9-6-8-13(3)12-14;/h6,8-9,12,15H,4-5,7,10-11,17H2,1-3H3,(H,18,20);1H. The molecule has 1 rings (SSSR count). The third-order valence-corrected chi connectivity index (χ3v) is 3.37. The van der Waals surface area contributed by atoms with Crippen molar-refractivity contribution in [1.82, 2.24) is 5.32 Å². The summed E-state index contributed by atoms with van der Waals surface area (Å²) in [4.78, 5) is 14.0. The maximum atomic E-state index is 11.7. The Kier molecular flexibility index (Phi) is 9.84. The molecule has 3 N–H and O–H groups in total. The van der Waals surface area contributed by atoms with Crippen molar-refractivity contribution in [1.29, 1.82) is 0 Å². The van der Waals surface area contributed by atoms with Crippen LogP contribution in [0.15, 0.2) is 24.3 Å². The molecule has 0 fully saturated rings. The minimum Gasteiger partial charge on any atom is -0.370 e. The van der Waals surface area contributed by atoms with E-state index in [0.717, 1.165) is 25.9 Å². The van der Waals surface area contributed by atoms with E-state index in [9.17, 15) is 4.79 Å². The number of nitrogens with zero attached hydrogens (tertiary/aromatic N) is 1. The van der Waals surface area contributed by atoms with Crippen molar-refractivity contribution in [3.63, 3.8) is 0 Å². The van der Waals surface area contributed by atoms with Crippen LogP contribution in [0.25, 0.3) is 0 Å². The number of hydrogen-bond donors (Lipinski definition) is 2. The predicted molar refractivity (Wildman–Crippen MR) is 92.2 cm³/mol. The number of aryl methyl sites for hydroxylation is 1. The maximum Gasteiger partial charge on any atom is 0.236 e. The van der Waals surface area contributed by atoms with Gasteiger partial charge in [0.25, 0.3) is 0 Å². The van der Waals surface area contributed by atoms with Crippen LogP contribution in [0.5, 0.6) is 0 Å². The summed E-state index contributed by atoms with van der Waals surface area (Å²) in [5, 5.41) is 2.91. The van der Waals surface area contributed by atoms with E-state index in [1.54, 1.807) is 0 Å². The Morgan fingerprint density at radius 1 is 1.38 bits per heavy atom. The van der Waals surface area contributed by atoms with Crippen LogP contribution in [0.1, 0.15) is 32.3 Å². The normalized spacial score (nSPS) is 11.4. The van der Waals surface area contributed by atoms with Crippen molar-refractivity contribution >= 4 is 24.0 Å². The lowest BCUT2D eigenvalue weighted by Gasteiger charge is -2.24. The molecule has 5 heteroatoms. The van der Waals surface area contributed by atoms with Gasteiger partial charge in [0.1, 0.15) is 0 Å². The number of carbonyl (C=O) groups excluding carboxylic acids is 1. The van der Waals surface area contributed by atoms with Crippen LogP contribution in [0.4, 0.5) is 5.69 Å². The topological polar surface area (TPSA) is 58.4 Å². The molecule has 0 radical (unpaired) electrons. The Morgan fingerprint density at radius 3 is 2.67 bits per heavy atom. The summed E-state index contributed by atoms with van der Waals surface area (Å²) < 4.78 is 0. The average molecular weight is 314 g/mol. The van der Waals surface area contributed by atoms with E-state index in [2.05, 4.69) is 48.3 Å². The molecule has 120 valence electrons. The highest BCUT2D eigenvalue weighted by molar-refractivity contribution is 5.85. The van der Waals surface area contributed by atoms with Gasteiger partial charge in [-0.05, 0) is 38.0 Å². The van der Waals surface area contributed by atoms with Crippen LogP contribution in [0.3, 0.4) is 0 Å². The van der Waals surface area contributed by atoms with Gasteiger partial charge in [-0.15, -0.1) is 12.4 Å². The number of amides is 1. The number of carbonyl (C=O) groups is 1. The number of rotatable bonds is 8. The minimum atomic E-state index is -0.381. The van der Waals surface area contributed by atoms with Gasteiger partial charge in [-0.1, -0.05) is 25.5 Å². The van der Waals surface area contributed by atoms with Crippen molar-refractivity contribution in [3.05, 3.63) is 29.8 Å². The molecule has 1 amide bonds. The summed E-state index contributed by atoms with van der Waals surface area (Å²) in [5.74, 6) is -0.0489. The van der Waals surface area contributed by atoms with Crippen molar-refractivity contribution in [3.8, 4) is 0 Å². The molecule has 21 heavy (non-hydrogen) atoms. The fourth-order valence-corrected chi connectivity index (χ4v) is 2.18. The summed E-state index contributed by atoms with van der Waals surface area (Å²) in [6, 6.07) is 8.02. The summed E-state index contributed by atoms with van der Waals surface area (Å²) in [6.07, 6.45) is 1.67. The smallest absolute Gasteiger partial charge is 0.236 e. The zero-order valence-corrected chi connectivity index (χ0v) is 14.1. The third-order valence-electron chi connectivity index (χ3n) is 3.37. The maximum absolute atomic E-state index is 11.7. The van der Waals surface area contributed by atoms with E-state index in [4.69, 9.17) is 5.73 Å². The molecule has 0 bridgehead atoms. The zero-order chi connectivity index (χ0) is 15.0. The lowest BCUT2D eigenvalue weighted by molar-refractivity contribution is -0.122. The van der Waals surface area contributed by atoms with E-state index in [0.29, 0.717) is 6.54 Å². The molecule has 0 aliphatic heterocycles. The van der Waals surface area contributed by atoms with Crippen molar-refractivity contribution in [2.75, 3.05) is 24.5 Å². The molecule has 1 atom stereocenters. The first-order valence-electron chi connectivity index (χ1n) is 7.43. The molecule has 0 aromatic heterocycles. The second-order valence-electron chi connectivity index (χ2n) is 5.10. The number of likely N-dealkylation sites (N-methyl/N-ethyl adjacent to an activating group) is 1. The summed E-state index contributed by atoms with van der Waals surface area (Å²) >= 11 is 0. The second kappa shape index (κ2) is 10.5. The van der Waals surface area contributed by atoms with Crippen molar-refractivity contribution in [2.24, 2.45) is 5.73 Å². The van der Waals surface area contributed by atoms with Gasteiger partial charge in [-0.2, -0.15) is 0 Å². The minimum absolute atomic E-state index is 0. The van der Waals surface area contributed by atoms with E-state index < -0.39 is 0 Å². The molecule has 0 saturated carbocycles. The van der Waals surface area contributed by atoms with Gasteiger partial charge >= 0.3 is 0 Å². The van der Waals surface area contributed by atoms with E-state index in [1.165, 1.54) is 11.3 Å². The molecule has 1 aromatic rings. The largest absolute Gasteiger partial charge is 0.370 e. The predicted octanol–water partition coefficient (Wildman–Crippen LogP) is 2.49. The molecular formula is C16H28ClN3O. The van der Waals surface area contributed by atoms with Crippen LogP contribution in [-0.2, 0) is 4.79 Å². The fraction of sp³-hybridized carbons (Fsp3) is 0.562. The molecule has 0 aliphatic carbocycles. The molecule has 1 unspecified atom stereocenters. The molecule has 0 spiro atoms. The summed E-state index contributed by atoms with van der Waals surface area (Å²) in [7, 11) is 0. The van der Waals surface area contributed by atoms with Gasteiger partial charge in [0.05, 0.1) is 6.04 Å². The van der Waals surface area contributed by atoms with Gasteiger partial charge in [-0.3, -0.25) is 4.79 Å². The molecule has 1 aromatic carbocycles. The average Bonchev–Trinajstić information content (AvgIpc) is 2.43. The SMILES string of the molecule is CCCC(N)C(=O)NCCN(CC)c1cccc(C)c1.Cl.